The van der Waals surface area contributed by atoms with Gasteiger partial charge in [0.1, 0.15) is 0 Å². The second kappa shape index (κ2) is 3.89. The van der Waals surface area contributed by atoms with Gasteiger partial charge in [0.15, 0.2) is 0 Å². The molecule has 0 heteroatoms. The van der Waals surface area contributed by atoms with Gasteiger partial charge in [0.05, 0.1) is 0 Å². The second-order valence-electron chi connectivity index (χ2n) is 2.17. The molecule has 0 aliphatic heterocycles. The van der Waals surface area contributed by atoms with Crippen LogP contribution in [0.5, 0.6) is 0 Å². The van der Waals surface area contributed by atoms with Crippen LogP contribution in [0.1, 0.15) is 12.8 Å². The quantitative estimate of drug-likeness (QED) is 0.517. The van der Waals surface area contributed by atoms with Crippen LogP contribution in [0.3, 0.4) is 0 Å². The Labute approximate surface area is 62.3 Å². The summed E-state index contributed by atoms with van der Waals surface area (Å²) in [6.45, 7) is 3.63. The predicted octanol–water partition coefficient (Wildman–Crippen LogP) is 2.81. The number of allylic oxidation sites excluding steroid dienone is 7. The van der Waals surface area contributed by atoms with Crippen LogP contribution in [0, 0.1) is 6.08 Å². The van der Waals surface area contributed by atoms with Crippen LogP contribution >= 0.6 is 0 Å². The van der Waals surface area contributed by atoms with Crippen molar-refractivity contribution in [2.24, 2.45) is 0 Å². The zero-order valence-corrected chi connectivity index (χ0v) is 6.01. The Balaban J connectivity index is 2.37. The number of hydrogen-bond donors (Lipinski definition) is 0. The fourth-order valence-electron chi connectivity index (χ4n) is 0.827. The van der Waals surface area contributed by atoms with E-state index >= 15 is 0 Å². The SMILES string of the molecule is C=CCC=CC1=[C]CC=C1. The van der Waals surface area contributed by atoms with Gasteiger partial charge in [-0.05, 0) is 24.5 Å². The molecule has 0 spiro atoms. The first-order valence-electron chi connectivity index (χ1n) is 3.48. The summed E-state index contributed by atoms with van der Waals surface area (Å²) in [7, 11) is 0. The zero-order chi connectivity index (χ0) is 7.23. The largest absolute Gasteiger partial charge is 0.103 e. The van der Waals surface area contributed by atoms with Gasteiger partial charge in [-0.1, -0.05) is 30.4 Å². The van der Waals surface area contributed by atoms with E-state index in [2.05, 4.69) is 37.0 Å². The van der Waals surface area contributed by atoms with E-state index in [-0.39, 0.29) is 0 Å². The van der Waals surface area contributed by atoms with Gasteiger partial charge >= 0.3 is 0 Å². The van der Waals surface area contributed by atoms with Crippen LogP contribution in [0.4, 0.5) is 0 Å². The van der Waals surface area contributed by atoms with Crippen LogP contribution < -0.4 is 0 Å². The topological polar surface area (TPSA) is 0 Å². The molecule has 1 rings (SSSR count). The molecule has 1 radical (unpaired) electrons. The van der Waals surface area contributed by atoms with Crippen molar-refractivity contribution in [3.63, 3.8) is 0 Å². The number of rotatable bonds is 3. The third-order valence-corrected chi connectivity index (χ3v) is 1.32. The molecular weight excluding hydrogens is 120 g/mol. The minimum absolute atomic E-state index is 0.943. The van der Waals surface area contributed by atoms with Gasteiger partial charge < -0.3 is 0 Å². The average molecular weight is 131 g/mol. The first kappa shape index (κ1) is 7.07. The van der Waals surface area contributed by atoms with Crippen LogP contribution in [-0.2, 0) is 0 Å². The molecule has 0 unspecified atom stereocenters. The van der Waals surface area contributed by atoms with Crippen molar-refractivity contribution < 1.29 is 0 Å². The molecule has 0 fully saturated rings. The third-order valence-electron chi connectivity index (χ3n) is 1.32. The molecule has 1 aliphatic rings. The smallest absolute Gasteiger partial charge is 0.00851 e. The first-order chi connectivity index (χ1) is 4.93. The molecule has 0 heterocycles. The molecule has 0 atom stereocenters. The van der Waals surface area contributed by atoms with Gasteiger partial charge in [-0.3, -0.25) is 0 Å². The number of hydrogen-bond acceptors (Lipinski definition) is 0. The van der Waals surface area contributed by atoms with E-state index in [1.165, 1.54) is 5.57 Å². The van der Waals surface area contributed by atoms with E-state index in [0.29, 0.717) is 0 Å². The van der Waals surface area contributed by atoms with E-state index in [4.69, 9.17) is 0 Å². The molecular formula is C10H11. The predicted molar refractivity (Wildman–Crippen MR) is 44.5 cm³/mol. The summed E-state index contributed by atoms with van der Waals surface area (Å²) >= 11 is 0. The standard InChI is InChI=1S/C10H11/c1-2-3-4-7-10-8-5-6-9-10/h2,4-5,7-8H,1,3,6H2. The van der Waals surface area contributed by atoms with Crippen molar-refractivity contribution in [2.45, 2.75) is 12.8 Å². The second-order valence-corrected chi connectivity index (χ2v) is 2.17. The molecule has 0 nitrogen and oxygen atoms in total. The van der Waals surface area contributed by atoms with Crippen molar-refractivity contribution in [1.29, 1.82) is 0 Å². The summed E-state index contributed by atoms with van der Waals surface area (Å²) in [5.74, 6) is 0. The lowest BCUT2D eigenvalue weighted by Crippen LogP contribution is -1.64. The summed E-state index contributed by atoms with van der Waals surface area (Å²) < 4.78 is 0. The maximum atomic E-state index is 3.63. The van der Waals surface area contributed by atoms with Gasteiger partial charge in [0, 0.05) is 0 Å². The van der Waals surface area contributed by atoms with E-state index < -0.39 is 0 Å². The molecule has 0 saturated heterocycles. The first-order valence-corrected chi connectivity index (χ1v) is 3.48. The lowest BCUT2D eigenvalue weighted by Gasteiger charge is -1.83. The molecule has 0 aromatic carbocycles. The molecule has 0 amide bonds. The molecule has 0 aromatic heterocycles. The van der Waals surface area contributed by atoms with Crippen LogP contribution in [0.15, 0.2) is 42.5 Å². The maximum absolute atomic E-state index is 3.63. The zero-order valence-electron chi connectivity index (χ0n) is 6.01. The van der Waals surface area contributed by atoms with Crippen molar-refractivity contribution in [1.82, 2.24) is 0 Å². The third kappa shape index (κ3) is 2.06. The van der Waals surface area contributed by atoms with Crippen LogP contribution in [0.2, 0.25) is 0 Å². The van der Waals surface area contributed by atoms with Gasteiger partial charge in [0.2, 0.25) is 0 Å². The highest BCUT2D eigenvalue weighted by molar-refractivity contribution is 5.32. The Hall–Kier alpha value is -1.04. The molecule has 0 aromatic rings. The van der Waals surface area contributed by atoms with Crippen LogP contribution in [-0.4, -0.2) is 0 Å². The molecule has 51 valence electrons. The summed E-state index contributed by atoms with van der Waals surface area (Å²) in [5.41, 5.74) is 1.20. The monoisotopic (exact) mass is 131 g/mol. The van der Waals surface area contributed by atoms with Crippen molar-refractivity contribution in [2.75, 3.05) is 0 Å². The average Bonchev–Trinajstić information content (AvgIpc) is 2.41. The lowest BCUT2D eigenvalue weighted by atomic mass is 10.2. The molecule has 0 saturated carbocycles. The van der Waals surface area contributed by atoms with Gasteiger partial charge in [0.25, 0.3) is 0 Å². The molecule has 1 aliphatic carbocycles. The molecule has 0 N–H and O–H groups in total. The minimum atomic E-state index is 0.943. The molecule has 10 heavy (non-hydrogen) atoms. The fourth-order valence-corrected chi connectivity index (χ4v) is 0.827. The highest BCUT2D eigenvalue weighted by Gasteiger charge is 1.90. The Kier molecular flexibility index (Phi) is 2.75. The van der Waals surface area contributed by atoms with E-state index in [9.17, 15) is 0 Å². The van der Waals surface area contributed by atoms with Gasteiger partial charge in [-0.15, -0.1) is 6.58 Å². The Bertz CT molecular complexity index is 192. The van der Waals surface area contributed by atoms with E-state index in [1.807, 2.05) is 6.08 Å². The van der Waals surface area contributed by atoms with Gasteiger partial charge in [-0.25, -0.2) is 0 Å². The summed E-state index contributed by atoms with van der Waals surface area (Å²) in [4.78, 5) is 0. The van der Waals surface area contributed by atoms with Gasteiger partial charge in [-0.2, -0.15) is 0 Å². The van der Waals surface area contributed by atoms with Crippen molar-refractivity contribution in [3.8, 4) is 0 Å². The Morgan fingerprint density at radius 2 is 2.60 bits per heavy atom. The minimum Gasteiger partial charge on any atom is -0.103 e. The maximum Gasteiger partial charge on any atom is -0.00851 e. The summed E-state index contributed by atoms with van der Waals surface area (Å²) in [6, 6.07) is 0. The van der Waals surface area contributed by atoms with E-state index in [1.54, 1.807) is 0 Å². The van der Waals surface area contributed by atoms with Crippen molar-refractivity contribution >= 4 is 0 Å². The van der Waals surface area contributed by atoms with Crippen LogP contribution in [0.25, 0.3) is 0 Å². The van der Waals surface area contributed by atoms with Crippen molar-refractivity contribution in [3.05, 3.63) is 48.6 Å². The Morgan fingerprint density at radius 1 is 1.70 bits per heavy atom. The highest BCUT2D eigenvalue weighted by atomic mass is 13.9. The normalized spacial score (nSPS) is 16.2. The highest BCUT2D eigenvalue weighted by Crippen LogP contribution is 2.08. The molecule has 0 bridgehead atoms. The lowest BCUT2D eigenvalue weighted by molar-refractivity contribution is 1.37. The Morgan fingerprint density at radius 3 is 3.20 bits per heavy atom. The fraction of sp³-hybridized carbons (Fsp3) is 0.200. The summed E-state index contributed by atoms with van der Waals surface area (Å²) in [5, 5.41) is 0. The van der Waals surface area contributed by atoms with E-state index in [0.717, 1.165) is 12.8 Å². The summed E-state index contributed by atoms with van der Waals surface area (Å²) in [6.07, 6.45) is 15.3.